The number of aliphatic imine (C=N–C) groups is 2. The monoisotopic (exact) mass is 212 g/mol. The Morgan fingerprint density at radius 3 is 1.67 bits per heavy atom. The molecule has 0 unspecified atom stereocenters. The summed E-state index contributed by atoms with van der Waals surface area (Å²) in [5.41, 5.74) is 0. The van der Waals surface area contributed by atoms with E-state index in [9.17, 15) is 9.59 Å². The van der Waals surface area contributed by atoms with Crippen molar-refractivity contribution >= 4 is 12.2 Å². The molecule has 0 aromatic heterocycles. The van der Waals surface area contributed by atoms with E-state index in [1.54, 1.807) is 0 Å². The number of rotatable bonds is 10. The molecule has 0 amide bonds. The minimum absolute atomic E-state index is 0.529. The van der Waals surface area contributed by atoms with Gasteiger partial charge in [-0.2, -0.15) is 0 Å². The highest BCUT2D eigenvalue weighted by molar-refractivity contribution is 5.32. The molecule has 0 saturated carbocycles. The average molecular weight is 212 g/mol. The molecule has 84 valence electrons. The Hall–Kier alpha value is -1.28. The first kappa shape index (κ1) is 13.7. The number of carbonyl (C=O) groups excluding carboxylic acids is 2. The number of hydrogen-bond acceptors (Lipinski definition) is 5. The summed E-state index contributed by atoms with van der Waals surface area (Å²) >= 11 is 0. The minimum atomic E-state index is 0.529. The zero-order valence-corrected chi connectivity index (χ0v) is 8.78. The average Bonchev–Trinajstić information content (AvgIpc) is 2.26. The van der Waals surface area contributed by atoms with Crippen molar-refractivity contribution in [2.45, 2.75) is 25.7 Å². The maximum absolute atomic E-state index is 9.71. The van der Waals surface area contributed by atoms with Crippen LogP contribution in [-0.2, 0) is 14.3 Å². The van der Waals surface area contributed by atoms with Crippen molar-refractivity contribution in [1.29, 1.82) is 0 Å². The summed E-state index contributed by atoms with van der Waals surface area (Å²) < 4.78 is 5.31. The van der Waals surface area contributed by atoms with Gasteiger partial charge in [0.2, 0.25) is 12.2 Å². The van der Waals surface area contributed by atoms with Gasteiger partial charge < -0.3 is 4.74 Å². The van der Waals surface area contributed by atoms with Crippen molar-refractivity contribution in [2.24, 2.45) is 9.98 Å². The number of nitrogens with zero attached hydrogens (tertiary/aromatic N) is 2. The Balaban J connectivity index is 2.98. The number of ether oxygens (including phenoxy) is 1. The summed E-state index contributed by atoms with van der Waals surface area (Å²) in [6.07, 6.45) is 6.49. The molecule has 0 aliphatic rings. The van der Waals surface area contributed by atoms with Crippen LogP contribution in [0.3, 0.4) is 0 Å². The fourth-order valence-electron chi connectivity index (χ4n) is 0.983. The summed E-state index contributed by atoms with van der Waals surface area (Å²) in [7, 11) is 0. The van der Waals surface area contributed by atoms with Crippen molar-refractivity contribution in [3.63, 3.8) is 0 Å². The lowest BCUT2D eigenvalue weighted by Crippen LogP contribution is -1.98. The first-order chi connectivity index (χ1) is 7.41. The van der Waals surface area contributed by atoms with Gasteiger partial charge in [0.15, 0.2) is 0 Å². The van der Waals surface area contributed by atoms with E-state index < -0.39 is 0 Å². The lowest BCUT2D eigenvalue weighted by atomic mass is 10.3. The topological polar surface area (TPSA) is 68.1 Å². The Morgan fingerprint density at radius 1 is 0.800 bits per heavy atom. The third-order valence-corrected chi connectivity index (χ3v) is 1.75. The molecule has 0 fully saturated rings. The van der Waals surface area contributed by atoms with E-state index in [1.165, 1.54) is 12.2 Å². The predicted molar refractivity (Wildman–Crippen MR) is 55.3 cm³/mol. The van der Waals surface area contributed by atoms with Gasteiger partial charge in [-0.15, -0.1) is 0 Å². The SMILES string of the molecule is O=C=NCCCCOCCCCN=C=O. The molecular weight excluding hydrogens is 196 g/mol. The van der Waals surface area contributed by atoms with E-state index in [-0.39, 0.29) is 0 Å². The normalized spacial score (nSPS) is 9.07. The molecule has 5 nitrogen and oxygen atoms in total. The van der Waals surface area contributed by atoms with Gasteiger partial charge in [-0.3, -0.25) is 0 Å². The van der Waals surface area contributed by atoms with Crippen LogP contribution in [0, 0.1) is 0 Å². The molecule has 0 atom stereocenters. The summed E-state index contributed by atoms with van der Waals surface area (Å²) in [5.74, 6) is 0. The molecule has 0 aromatic carbocycles. The molecule has 0 spiro atoms. The first-order valence-corrected chi connectivity index (χ1v) is 5.07. The maximum atomic E-state index is 9.71. The standard InChI is InChI=1S/C10H16N2O3/c13-9-11-5-1-3-7-15-8-4-2-6-12-10-14/h1-8H2. The minimum Gasteiger partial charge on any atom is -0.381 e. The Morgan fingerprint density at radius 2 is 1.27 bits per heavy atom. The largest absolute Gasteiger partial charge is 0.381 e. The quantitative estimate of drug-likeness (QED) is 0.311. The molecule has 0 bridgehead atoms. The van der Waals surface area contributed by atoms with E-state index in [0.29, 0.717) is 26.3 Å². The van der Waals surface area contributed by atoms with Gasteiger partial charge in [0.1, 0.15) is 0 Å². The summed E-state index contributed by atoms with van der Waals surface area (Å²) in [6, 6.07) is 0. The van der Waals surface area contributed by atoms with Crippen LogP contribution >= 0.6 is 0 Å². The van der Waals surface area contributed by atoms with E-state index >= 15 is 0 Å². The summed E-state index contributed by atoms with van der Waals surface area (Å²) in [4.78, 5) is 26.3. The highest BCUT2D eigenvalue weighted by atomic mass is 16.5. The molecule has 0 N–H and O–H groups in total. The van der Waals surface area contributed by atoms with Crippen LogP contribution in [0.5, 0.6) is 0 Å². The second kappa shape index (κ2) is 12.7. The van der Waals surface area contributed by atoms with Crippen molar-refractivity contribution in [2.75, 3.05) is 26.3 Å². The second-order valence-electron chi connectivity index (χ2n) is 2.97. The van der Waals surface area contributed by atoms with Crippen LogP contribution in [-0.4, -0.2) is 38.5 Å². The third-order valence-electron chi connectivity index (χ3n) is 1.75. The van der Waals surface area contributed by atoms with Crippen LogP contribution in [0.4, 0.5) is 0 Å². The van der Waals surface area contributed by atoms with Crippen LogP contribution in [0.25, 0.3) is 0 Å². The number of hydrogen-bond donors (Lipinski definition) is 0. The molecule has 0 aromatic rings. The fourth-order valence-corrected chi connectivity index (χ4v) is 0.983. The zero-order chi connectivity index (χ0) is 11.2. The third kappa shape index (κ3) is 12.7. The van der Waals surface area contributed by atoms with E-state index in [1.807, 2.05) is 0 Å². The van der Waals surface area contributed by atoms with Gasteiger partial charge in [0, 0.05) is 13.2 Å². The number of isocyanates is 2. The van der Waals surface area contributed by atoms with Gasteiger partial charge in [-0.05, 0) is 25.7 Å². The zero-order valence-electron chi connectivity index (χ0n) is 8.78. The Bertz CT molecular complexity index is 207. The van der Waals surface area contributed by atoms with Gasteiger partial charge in [-0.25, -0.2) is 19.6 Å². The molecule has 0 heterocycles. The van der Waals surface area contributed by atoms with Gasteiger partial charge >= 0.3 is 0 Å². The van der Waals surface area contributed by atoms with Gasteiger partial charge in [0.05, 0.1) is 13.1 Å². The van der Waals surface area contributed by atoms with Crippen LogP contribution in [0.15, 0.2) is 9.98 Å². The highest BCUT2D eigenvalue weighted by Gasteiger charge is 1.90. The molecular formula is C10H16N2O3. The van der Waals surface area contributed by atoms with Gasteiger partial charge in [-0.1, -0.05) is 0 Å². The first-order valence-electron chi connectivity index (χ1n) is 5.07. The molecule has 0 saturated heterocycles. The molecule has 5 heteroatoms. The second-order valence-corrected chi connectivity index (χ2v) is 2.97. The smallest absolute Gasteiger partial charge is 0.234 e. The molecule has 0 aliphatic carbocycles. The molecule has 0 aliphatic heterocycles. The van der Waals surface area contributed by atoms with E-state index in [4.69, 9.17) is 4.74 Å². The van der Waals surface area contributed by atoms with Crippen molar-refractivity contribution < 1.29 is 14.3 Å². The van der Waals surface area contributed by atoms with Crippen LogP contribution in [0.1, 0.15) is 25.7 Å². The van der Waals surface area contributed by atoms with E-state index in [2.05, 4.69) is 9.98 Å². The van der Waals surface area contributed by atoms with Gasteiger partial charge in [0.25, 0.3) is 0 Å². The Kier molecular flexibility index (Phi) is 11.6. The summed E-state index contributed by atoms with van der Waals surface area (Å²) in [6.45, 7) is 2.43. The predicted octanol–water partition coefficient (Wildman–Crippen LogP) is 1.24. The Labute approximate surface area is 89.3 Å². The lowest BCUT2D eigenvalue weighted by Gasteiger charge is -2.01. The highest BCUT2D eigenvalue weighted by Crippen LogP contribution is 1.94. The van der Waals surface area contributed by atoms with Crippen LogP contribution < -0.4 is 0 Å². The van der Waals surface area contributed by atoms with Crippen molar-refractivity contribution in [3.8, 4) is 0 Å². The van der Waals surface area contributed by atoms with Crippen LogP contribution in [0.2, 0.25) is 0 Å². The van der Waals surface area contributed by atoms with Crippen molar-refractivity contribution in [3.05, 3.63) is 0 Å². The fraction of sp³-hybridized carbons (Fsp3) is 0.800. The lowest BCUT2D eigenvalue weighted by molar-refractivity contribution is 0.127. The number of unbranched alkanes of at least 4 members (excludes halogenated alkanes) is 2. The molecule has 15 heavy (non-hydrogen) atoms. The molecule has 0 radical (unpaired) electrons. The summed E-state index contributed by atoms with van der Waals surface area (Å²) in [5, 5.41) is 0. The maximum Gasteiger partial charge on any atom is 0.234 e. The van der Waals surface area contributed by atoms with E-state index in [0.717, 1.165) is 25.7 Å². The van der Waals surface area contributed by atoms with Crippen molar-refractivity contribution in [1.82, 2.24) is 0 Å². The molecule has 0 rings (SSSR count).